The molecule has 1 aliphatic rings. The first-order valence-corrected chi connectivity index (χ1v) is 11.4. The molecular formula is C25H30FN5O2. The fourth-order valence-electron chi connectivity index (χ4n) is 4.66. The fraction of sp³-hybridized carbons (Fsp3) is 0.440. The molecule has 0 aliphatic heterocycles. The van der Waals surface area contributed by atoms with Gasteiger partial charge in [0.2, 0.25) is 11.8 Å². The molecule has 2 N–H and O–H groups in total. The summed E-state index contributed by atoms with van der Waals surface area (Å²) in [5.41, 5.74) is 3.44. The smallest absolute Gasteiger partial charge is 0.228 e. The first kappa shape index (κ1) is 22.9. The third-order valence-electron chi connectivity index (χ3n) is 6.52. The number of aromatic nitrogens is 3. The molecule has 2 atom stereocenters. The van der Waals surface area contributed by atoms with Gasteiger partial charge in [-0.25, -0.2) is 14.4 Å². The van der Waals surface area contributed by atoms with E-state index in [1.807, 2.05) is 31.4 Å². The highest BCUT2D eigenvalue weighted by atomic mass is 19.1. The number of rotatable bonds is 5. The lowest BCUT2D eigenvalue weighted by Crippen LogP contribution is -2.35. The van der Waals surface area contributed by atoms with Gasteiger partial charge in [-0.15, -0.1) is 0 Å². The quantitative estimate of drug-likeness (QED) is 0.593. The van der Waals surface area contributed by atoms with Crippen molar-refractivity contribution in [1.82, 2.24) is 19.9 Å². The minimum absolute atomic E-state index is 0.0127. The number of halogens is 1. The predicted octanol–water partition coefficient (Wildman–Crippen LogP) is 4.62. The lowest BCUT2D eigenvalue weighted by Gasteiger charge is -2.27. The summed E-state index contributed by atoms with van der Waals surface area (Å²) >= 11 is 0. The van der Waals surface area contributed by atoms with Crippen LogP contribution in [-0.4, -0.2) is 33.4 Å². The van der Waals surface area contributed by atoms with Crippen molar-refractivity contribution in [2.75, 3.05) is 12.4 Å². The van der Waals surface area contributed by atoms with Gasteiger partial charge in [-0.05, 0) is 74.9 Å². The largest absolute Gasteiger partial charge is 0.359 e. The molecule has 0 radical (unpaired) electrons. The van der Waals surface area contributed by atoms with E-state index in [1.54, 1.807) is 25.6 Å². The van der Waals surface area contributed by atoms with Crippen LogP contribution in [0.1, 0.15) is 51.1 Å². The molecule has 0 unspecified atom stereocenters. The minimum atomic E-state index is -0.383. The van der Waals surface area contributed by atoms with Gasteiger partial charge in [0.15, 0.2) is 5.82 Å². The molecule has 1 aromatic carbocycles. The number of nitrogens with one attached hydrogen (secondary N) is 2. The van der Waals surface area contributed by atoms with Gasteiger partial charge in [0.25, 0.3) is 0 Å². The van der Waals surface area contributed by atoms with Crippen LogP contribution in [0.2, 0.25) is 0 Å². The van der Waals surface area contributed by atoms with E-state index in [1.165, 1.54) is 6.07 Å². The zero-order valence-electron chi connectivity index (χ0n) is 19.5. The van der Waals surface area contributed by atoms with Crippen LogP contribution in [0.5, 0.6) is 0 Å². The second-order valence-electron chi connectivity index (χ2n) is 9.12. The van der Waals surface area contributed by atoms with Crippen molar-refractivity contribution in [2.45, 2.75) is 52.5 Å². The Balaban J connectivity index is 1.60. The molecule has 3 aromatic rings. The van der Waals surface area contributed by atoms with E-state index < -0.39 is 0 Å². The molecular weight excluding hydrogens is 421 g/mol. The topological polar surface area (TPSA) is 88.9 Å². The average Bonchev–Trinajstić information content (AvgIpc) is 3.25. The first-order chi connectivity index (χ1) is 15.8. The molecule has 2 amide bonds. The summed E-state index contributed by atoms with van der Waals surface area (Å²) in [4.78, 5) is 33.5. The monoisotopic (exact) mass is 451 g/mol. The molecule has 1 saturated carbocycles. The Bertz CT molecular complexity index is 1200. The van der Waals surface area contributed by atoms with Crippen LogP contribution in [0.4, 0.5) is 10.2 Å². The molecule has 174 valence electrons. The maximum atomic E-state index is 14.8. The Labute approximate surface area is 192 Å². The molecule has 4 rings (SSSR count). The van der Waals surface area contributed by atoms with Crippen LogP contribution in [0, 0.1) is 24.6 Å². The number of carbonyl (C=O) groups is 2. The number of nitrogens with zero attached hydrogens (tertiary/aromatic N) is 3. The Morgan fingerprint density at radius 3 is 2.55 bits per heavy atom. The van der Waals surface area contributed by atoms with Crippen molar-refractivity contribution in [1.29, 1.82) is 0 Å². The number of fused-ring (bicyclic) bond motifs is 1. The van der Waals surface area contributed by atoms with Gasteiger partial charge in [0.05, 0.1) is 11.8 Å². The van der Waals surface area contributed by atoms with E-state index in [0.717, 1.165) is 35.9 Å². The summed E-state index contributed by atoms with van der Waals surface area (Å²) in [7, 11) is 1.62. The Hall–Kier alpha value is -3.29. The van der Waals surface area contributed by atoms with E-state index in [9.17, 15) is 14.0 Å². The normalized spacial score (nSPS) is 18.5. The average molecular weight is 452 g/mol. The highest BCUT2D eigenvalue weighted by Crippen LogP contribution is 2.32. The van der Waals surface area contributed by atoms with Crippen molar-refractivity contribution in [2.24, 2.45) is 11.8 Å². The summed E-state index contributed by atoms with van der Waals surface area (Å²) in [6, 6.07) is 5.33. The molecule has 2 aromatic heterocycles. The Kier molecular flexibility index (Phi) is 6.44. The van der Waals surface area contributed by atoms with Crippen molar-refractivity contribution in [3.05, 3.63) is 42.1 Å². The number of benzene rings is 1. The summed E-state index contributed by atoms with van der Waals surface area (Å²) in [5.74, 6) is -0.484. The van der Waals surface area contributed by atoms with Crippen LogP contribution in [0.25, 0.3) is 22.2 Å². The zero-order chi connectivity index (χ0) is 23.7. The molecule has 0 spiro atoms. The van der Waals surface area contributed by atoms with Gasteiger partial charge in [-0.1, -0.05) is 6.42 Å². The molecule has 0 bridgehead atoms. The second kappa shape index (κ2) is 9.29. The maximum Gasteiger partial charge on any atom is 0.228 e. The number of hydrogen-bond donors (Lipinski definition) is 2. The molecule has 1 fully saturated rings. The third kappa shape index (κ3) is 4.60. The Morgan fingerprint density at radius 2 is 1.85 bits per heavy atom. The highest BCUT2D eigenvalue weighted by molar-refractivity contribution is 5.93. The van der Waals surface area contributed by atoms with Crippen LogP contribution in [-0.2, 0) is 9.59 Å². The molecule has 1 aliphatic carbocycles. The molecule has 0 saturated heterocycles. The van der Waals surface area contributed by atoms with Crippen LogP contribution in [0.15, 0.2) is 30.7 Å². The van der Waals surface area contributed by atoms with Gasteiger partial charge in [-0.2, -0.15) is 0 Å². The molecule has 7 nitrogen and oxygen atoms in total. The van der Waals surface area contributed by atoms with Gasteiger partial charge < -0.3 is 15.2 Å². The number of anilines is 1. The van der Waals surface area contributed by atoms with Gasteiger partial charge in [0, 0.05) is 31.1 Å². The van der Waals surface area contributed by atoms with Gasteiger partial charge >= 0.3 is 0 Å². The van der Waals surface area contributed by atoms with Gasteiger partial charge in [0.1, 0.15) is 11.3 Å². The number of amides is 2. The van der Waals surface area contributed by atoms with Crippen LogP contribution < -0.4 is 10.6 Å². The SMILES string of the molecule is CNC(=O)[C@@H]1CCC[C@H](C(=O)Nc2cc(-c3cc(F)c4ncn(C(C)C)c4c3)c(C)cn2)C1. The summed E-state index contributed by atoms with van der Waals surface area (Å²) < 4.78 is 16.8. The summed E-state index contributed by atoms with van der Waals surface area (Å²) in [6.45, 7) is 5.96. The summed E-state index contributed by atoms with van der Waals surface area (Å²) in [6.07, 6.45) is 6.26. The van der Waals surface area contributed by atoms with E-state index in [-0.39, 0.29) is 35.5 Å². The minimum Gasteiger partial charge on any atom is -0.359 e. The number of pyridine rings is 1. The number of aryl methyl sites for hydroxylation is 1. The van der Waals surface area contributed by atoms with Crippen molar-refractivity contribution >= 4 is 28.7 Å². The fourth-order valence-corrected chi connectivity index (χ4v) is 4.66. The Morgan fingerprint density at radius 1 is 1.12 bits per heavy atom. The molecule has 8 heteroatoms. The van der Waals surface area contributed by atoms with Crippen LogP contribution >= 0.6 is 0 Å². The number of imidazole rings is 1. The van der Waals surface area contributed by atoms with E-state index in [4.69, 9.17) is 0 Å². The molecule has 33 heavy (non-hydrogen) atoms. The lowest BCUT2D eigenvalue weighted by molar-refractivity contribution is -0.127. The standard InChI is InChI=1S/C25H30FN5O2/c1-14(2)31-13-29-23-20(26)9-18(10-21(23)31)19-11-22(28-12-15(19)3)30-25(33)17-7-5-6-16(8-17)24(32)27-4/h9-14,16-17H,5-8H2,1-4H3,(H,27,32)(H,28,30,33)/t16-,17+/m1/s1. The summed E-state index contributed by atoms with van der Waals surface area (Å²) in [5, 5.41) is 5.59. The van der Waals surface area contributed by atoms with E-state index in [2.05, 4.69) is 20.6 Å². The first-order valence-electron chi connectivity index (χ1n) is 11.4. The highest BCUT2D eigenvalue weighted by Gasteiger charge is 2.31. The number of carbonyl (C=O) groups excluding carboxylic acids is 2. The molecule has 2 heterocycles. The van der Waals surface area contributed by atoms with E-state index >= 15 is 0 Å². The third-order valence-corrected chi connectivity index (χ3v) is 6.52. The van der Waals surface area contributed by atoms with Crippen molar-refractivity contribution in [3.63, 3.8) is 0 Å². The zero-order valence-corrected chi connectivity index (χ0v) is 19.5. The predicted molar refractivity (Wildman–Crippen MR) is 126 cm³/mol. The van der Waals surface area contributed by atoms with Crippen LogP contribution in [0.3, 0.4) is 0 Å². The van der Waals surface area contributed by atoms with Gasteiger partial charge in [-0.3, -0.25) is 9.59 Å². The lowest BCUT2D eigenvalue weighted by atomic mass is 9.80. The van der Waals surface area contributed by atoms with Crippen molar-refractivity contribution < 1.29 is 14.0 Å². The number of hydrogen-bond acceptors (Lipinski definition) is 4. The second-order valence-corrected chi connectivity index (χ2v) is 9.12. The van der Waals surface area contributed by atoms with E-state index in [0.29, 0.717) is 23.3 Å². The van der Waals surface area contributed by atoms with Crippen molar-refractivity contribution in [3.8, 4) is 11.1 Å². The maximum absolute atomic E-state index is 14.8.